The Hall–Kier alpha value is -1.43. The van der Waals surface area contributed by atoms with E-state index < -0.39 is 5.97 Å². The van der Waals surface area contributed by atoms with Crippen LogP contribution >= 0.6 is 15.9 Å². The number of carbonyl (C=O) groups excluding carboxylic acids is 1. The number of carboxylic acids is 1. The van der Waals surface area contributed by atoms with Gasteiger partial charge in [-0.15, -0.1) is 0 Å². The smallest absolute Gasteiger partial charge is 0.306 e. The molecule has 2 rings (SSSR count). The van der Waals surface area contributed by atoms with E-state index in [1.807, 2.05) is 0 Å². The highest BCUT2D eigenvalue weighted by Crippen LogP contribution is 2.24. The normalized spacial score (nSPS) is 21.8. The van der Waals surface area contributed by atoms with E-state index in [2.05, 4.69) is 21.2 Å². The maximum absolute atomic E-state index is 13.4. The van der Waals surface area contributed by atoms with Crippen LogP contribution in [0.25, 0.3) is 0 Å². The molecule has 0 aromatic heterocycles. The van der Waals surface area contributed by atoms with Crippen molar-refractivity contribution in [1.29, 1.82) is 0 Å². The van der Waals surface area contributed by atoms with Crippen molar-refractivity contribution >= 4 is 27.8 Å². The molecular weight excluding hydrogens is 341 g/mol. The lowest BCUT2D eigenvalue weighted by Gasteiger charge is -2.26. The maximum atomic E-state index is 13.4. The fourth-order valence-corrected chi connectivity index (χ4v) is 2.85. The van der Waals surface area contributed by atoms with Crippen LogP contribution in [0.3, 0.4) is 0 Å². The molecule has 0 saturated heterocycles. The summed E-state index contributed by atoms with van der Waals surface area (Å²) in [5.41, 5.74) is 0.618. The lowest BCUT2D eigenvalue weighted by molar-refractivity contribution is -0.142. The van der Waals surface area contributed by atoms with Crippen LogP contribution in [0.5, 0.6) is 0 Å². The van der Waals surface area contributed by atoms with Gasteiger partial charge in [-0.3, -0.25) is 9.59 Å². The molecule has 4 nitrogen and oxygen atoms in total. The van der Waals surface area contributed by atoms with Gasteiger partial charge in [0.25, 0.3) is 0 Å². The van der Waals surface area contributed by atoms with Crippen molar-refractivity contribution in [3.63, 3.8) is 0 Å². The number of halogens is 2. The zero-order valence-electron chi connectivity index (χ0n) is 11.4. The first-order chi connectivity index (χ1) is 9.95. The minimum absolute atomic E-state index is 0.0217. The standard InChI is InChI=1S/C15H17BrFNO3/c16-12-6-1-9(7-13(12)17)8-14(19)18-11-4-2-10(3-5-11)15(20)21/h1,6-7,10-11H,2-5,8H2,(H,18,19)(H,20,21). The summed E-state index contributed by atoms with van der Waals surface area (Å²) in [6.07, 6.45) is 2.66. The molecule has 21 heavy (non-hydrogen) atoms. The zero-order chi connectivity index (χ0) is 15.4. The van der Waals surface area contributed by atoms with Crippen LogP contribution in [0.2, 0.25) is 0 Å². The fourth-order valence-electron chi connectivity index (χ4n) is 2.60. The molecule has 114 valence electrons. The number of amides is 1. The molecule has 0 radical (unpaired) electrons. The molecule has 1 saturated carbocycles. The summed E-state index contributed by atoms with van der Waals surface area (Å²) in [4.78, 5) is 22.8. The number of hydrogen-bond acceptors (Lipinski definition) is 2. The summed E-state index contributed by atoms with van der Waals surface area (Å²) in [5, 5.41) is 11.8. The number of benzene rings is 1. The first-order valence-corrected chi connectivity index (χ1v) is 7.71. The van der Waals surface area contributed by atoms with Crippen molar-refractivity contribution in [3.05, 3.63) is 34.1 Å². The summed E-state index contributed by atoms with van der Waals surface area (Å²) >= 11 is 3.07. The zero-order valence-corrected chi connectivity index (χ0v) is 13.0. The van der Waals surface area contributed by atoms with E-state index in [1.165, 1.54) is 6.07 Å². The van der Waals surface area contributed by atoms with Crippen LogP contribution in [0.1, 0.15) is 31.2 Å². The summed E-state index contributed by atoms with van der Waals surface area (Å²) in [5.74, 6) is -1.60. The van der Waals surface area contributed by atoms with Crippen LogP contribution in [0.15, 0.2) is 22.7 Å². The Balaban J connectivity index is 1.82. The Morgan fingerprint density at radius 3 is 2.52 bits per heavy atom. The van der Waals surface area contributed by atoms with Gasteiger partial charge >= 0.3 is 5.97 Å². The fraction of sp³-hybridized carbons (Fsp3) is 0.467. The average Bonchev–Trinajstić information content (AvgIpc) is 2.43. The third-order valence-electron chi connectivity index (χ3n) is 3.79. The molecule has 6 heteroatoms. The van der Waals surface area contributed by atoms with Crippen molar-refractivity contribution in [1.82, 2.24) is 5.32 Å². The van der Waals surface area contributed by atoms with Gasteiger partial charge in [0.15, 0.2) is 0 Å². The van der Waals surface area contributed by atoms with E-state index in [1.54, 1.807) is 12.1 Å². The van der Waals surface area contributed by atoms with E-state index in [-0.39, 0.29) is 30.1 Å². The van der Waals surface area contributed by atoms with Gasteiger partial charge in [-0.1, -0.05) is 6.07 Å². The average molecular weight is 358 g/mol. The highest BCUT2D eigenvalue weighted by Gasteiger charge is 2.26. The Kier molecular flexibility index (Phi) is 5.33. The van der Waals surface area contributed by atoms with Gasteiger partial charge in [0.2, 0.25) is 5.91 Å². The predicted molar refractivity (Wildman–Crippen MR) is 79.3 cm³/mol. The third-order valence-corrected chi connectivity index (χ3v) is 4.43. The number of nitrogens with one attached hydrogen (secondary N) is 1. The van der Waals surface area contributed by atoms with Crippen LogP contribution in [-0.4, -0.2) is 23.0 Å². The largest absolute Gasteiger partial charge is 0.481 e. The number of aliphatic carboxylic acids is 1. The molecule has 1 aliphatic rings. The number of hydrogen-bond donors (Lipinski definition) is 2. The second-order valence-corrected chi connectivity index (χ2v) is 6.23. The Bertz CT molecular complexity index is 542. The molecule has 0 atom stereocenters. The van der Waals surface area contributed by atoms with Crippen molar-refractivity contribution < 1.29 is 19.1 Å². The van der Waals surface area contributed by atoms with Crippen molar-refractivity contribution in [2.24, 2.45) is 5.92 Å². The number of rotatable bonds is 4. The molecule has 0 heterocycles. The predicted octanol–water partition coefficient (Wildman–Crippen LogP) is 2.89. The lowest BCUT2D eigenvalue weighted by Crippen LogP contribution is -2.39. The third kappa shape index (κ3) is 4.52. The molecule has 0 bridgehead atoms. The molecule has 0 spiro atoms. The Labute approximate surface area is 130 Å². The number of carbonyl (C=O) groups is 2. The molecule has 2 N–H and O–H groups in total. The van der Waals surface area contributed by atoms with E-state index in [0.29, 0.717) is 35.7 Å². The summed E-state index contributed by atoms with van der Waals surface area (Å²) in [7, 11) is 0. The highest BCUT2D eigenvalue weighted by molar-refractivity contribution is 9.10. The minimum atomic E-state index is -0.759. The van der Waals surface area contributed by atoms with Crippen LogP contribution in [0.4, 0.5) is 4.39 Å². The highest BCUT2D eigenvalue weighted by atomic mass is 79.9. The Morgan fingerprint density at radius 1 is 1.29 bits per heavy atom. The molecule has 0 unspecified atom stereocenters. The molecule has 1 fully saturated rings. The Morgan fingerprint density at radius 2 is 1.95 bits per heavy atom. The molecule has 0 aliphatic heterocycles. The van der Waals surface area contributed by atoms with Crippen LogP contribution < -0.4 is 5.32 Å². The molecule has 1 aromatic carbocycles. The molecule has 1 aliphatic carbocycles. The molecule has 1 aromatic rings. The minimum Gasteiger partial charge on any atom is -0.481 e. The van der Waals surface area contributed by atoms with Crippen molar-refractivity contribution in [3.8, 4) is 0 Å². The first kappa shape index (κ1) is 15.9. The van der Waals surface area contributed by atoms with Gasteiger partial charge in [0, 0.05) is 6.04 Å². The van der Waals surface area contributed by atoms with Gasteiger partial charge < -0.3 is 10.4 Å². The van der Waals surface area contributed by atoms with Gasteiger partial charge in [0.1, 0.15) is 5.82 Å². The van der Waals surface area contributed by atoms with E-state index in [9.17, 15) is 14.0 Å². The van der Waals surface area contributed by atoms with Gasteiger partial charge in [0.05, 0.1) is 16.8 Å². The lowest BCUT2D eigenvalue weighted by atomic mass is 9.86. The van der Waals surface area contributed by atoms with Crippen molar-refractivity contribution in [2.45, 2.75) is 38.1 Å². The van der Waals surface area contributed by atoms with Gasteiger partial charge in [-0.2, -0.15) is 0 Å². The summed E-state index contributed by atoms with van der Waals surface area (Å²) < 4.78 is 13.7. The van der Waals surface area contributed by atoms with Crippen LogP contribution in [-0.2, 0) is 16.0 Å². The summed E-state index contributed by atoms with van der Waals surface area (Å²) in [6, 6.07) is 4.64. The van der Waals surface area contributed by atoms with E-state index in [0.717, 1.165) is 0 Å². The van der Waals surface area contributed by atoms with E-state index >= 15 is 0 Å². The van der Waals surface area contributed by atoms with E-state index in [4.69, 9.17) is 5.11 Å². The quantitative estimate of drug-likeness (QED) is 0.870. The maximum Gasteiger partial charge on any atom is 0.306 e. The first-order valence-electron chi connectivity index (χ1n) is 6.92. The van der Waals surface area contributed by atoms with Crippen LogP contribution in [0, 0.1) is 11.7 Å². The molecule has 1 amide bonds. The number of carboxylic acid groups (broad SMARTS) is 1. The monoisotopic (exact) mass is 357 g/mol. The van der Waals surface area contributed by atoms with Crippen molar-refractivity contribution in [2.75, 3.05) is 0 Å². The van der Waals surface area contributed by atoms with Gasteiger partial charge in [-0.25, -0.2) is 4.39 Å². The second-order valence-electron chi connectivity index (χ2n) is 5.38. The topological polar surface area (TPSA) is 66.4 Å². The summed E-state index contributed by atoms with van der Waals surface area (Å²) in [6.45, 7) is 0. The SMILES string of the molecule is O=C(Cc1ccc(Br)c(F)c1)NC1CCC(C(=O)O)CC1. The molecular formula is C15H17BrFNO3. The van der Waals surface area contributed by atoms with Gasteiger partial charge in [-0.05, 0) is 59.3 Å². The second kappa shape index (κ2) is 7.02.